The highest BCUT2D eigenvalue weighted by Gasteiger charge is 2.30. The number of fused-ring (bicyclic) bond motifs is 1. The predicted octanol–water partition coefficient (Wildman–Crippen LogP) is 0.200. The van der Waals surface area contributed by atoms with Crippen LogP contribution >= 0.6 is 12.2 Å². The van der Waals surface area contributed by atoms with Crippen molar-refractivity contribution in [1.29, 1.82) is 0 Å². The molecular formula is C17H26N4O4S2. The van der Waals surface area contributed by atoms with E-state index in [-0.39, 0.29) is 4.90 Å². The Morgan fingerprint density at radius 2 is 1.81 bits per heavy atom. The van der Waals surface area contributed by atoms with Gasteiger partial charge in [-0.2, -0.15) is 4.31 Å². The number of thiocarbonyl (C=S) groups is 1. The van der Waals surface area contributed by atoms with Crippen molar-refractivity contribution in [3.8, 4) is 11.5 Å². The van der Waals surface area contributed by atoms with Gasteiger partial charge in [-0.1, -0.05) is 0 Å². The molecule has 10 heteroatoms. The summed E-state index contributed by atoms with van der Waals surface area (Å²) in [6.45, 7) is 4.48. The molecule has 150 valence electrons. The monoisotopic (exact) mass is 414 g/mol. The Labute approximate surface area is 166 Å². The SMILES string of the molecule is CN(C)CCNC(=S)N1CCN(S(=O)(=O)c2ccc3c(c2)OCCO3)CC1. The van der Waals surface area contributed by atoms with Gasteiger partial charge in [0.2, 0.25) is 10.0 Å². The molecule has 0 atom stereocenters. The Balaban J connectivity index is 1.59. The summed E-state index contributed by atoms with van der Waals surface area (Å²) < 4.78 is 38.4. The molecule has 0 spiro atoms. The van der Waals surface area contributed by atoms with Crippen molar-refractivity contribution in [1.82, 2.24) is 19.4 Å². The lowest BCUT2D eigenvalue weighted by molar-refractivity contribution is 0.171. The minimum Gasteiger partial charge on any atom is -0.486 e. The van der Waals surface area contributed by atoms with Gasteiger partial charge in [0, 0.05) is 45.3 Å². The van der Waals surface area contributed by atoms with Crippen molar-refractivity contribution in [3.05, 3.63) is 18.2 Å². The maximum Gasteiger partial charge on any atom is 0.243 e. The Kier molecular flexibility index (Phi) is 6.40. The van der Waals surface area contributed by atoms with Crippen LogP contribution in [0.25, 0.3) is 0 Å². The maximum absolute atomic E-state index is 13.0. The zero-order chi connectivity index (χ0) is 19.4. The molecule has 0 saturated carbocycles. The predicted molar refractivity (Wildman–Crippen MR) is 107 cm³/mol. The normalized spacial score (nSPS) is 17.8. The number of hydrogen-bond acceptors (Lipinski definition) is 6. The molecule has 1 aromatic rings. The van der Waals surface area contributed by atoms with Crippen molar-refractivity contribution in [3.63, 3.8) is 0 Å². The fraction of sp³-hybridized carbons (Fsp3) is 0.588. The van der Waals surface area contributed by atoms with Crippen molar-refractivity contribution in [2.24, 2.45) is 0 Å². The summed E-state index contributed by atoms with van der Waals surface area (Å²) in [5.41, 5.74) is 0. The summed E-state index contributed by atoms with van der Waals surface area (Å²) in [5, 5.41) is 3.89. The van der Waals surface area contributed by atoms with Gasteiger partial charge in [0.1, 0.15) is 13.2 Å². The molecular weight excluding hydrogens is 388 g/mol. The number of benzene rings is 1. The third-order valence-corrected chi connectivity index (χ3v) is 6.81. The average Bonchev–Trinajstić information content (AvgIpc) is 2.67. The lowest BCUT2D eigenvalue weighted by atomic mass is 10.3. The van der Waals surface area contributed by atoms with Gasteiger partial charge in [-0.05, 0) is 38.4 Å². The number of sulfonamides is 1. The Morgan fingerprint density at radius 1 is 1.15 bits per heavy atom. The third-order valence-electron chi connectivity index (χ3n) is 4.51. The molecule has 0 unspecified atom stereocenters. The number of ether oxygens (including phenoxy) is 2. The average molecular weight is 415 g/mol. The molecule has 2 heterocycles. The number of nitrogens with zero attached hydrogens (tertiary/aromatic N) is 3. The lowest BCUT2D eigenvalue weighted by Gasteiger charge is -2.35. The number of piperazine rings is 1. The van der Waals surface area contributed by atoms with Crippen LogP contribution in [0.2, 0.25) is 0 Å². The standard InChI is InChI=1S/C17H26N4O4S2/c1-19(2)6-5-18-17(26)20-7-9-21(10-8-20)27(22,23)14-3-4-15-16(13-14)25-12-11-24-15/h3-4,13H,5-12H2,1-2H3,(H,18,26). The largest absolute Gasteiger partial charge is 0.486 e. The van der Waals surface area contributed by atoms with Crippen LogP contribution in [0.15, 0.2) is 23.1 Å². The van der Waals surface area contributed by atoms with Gasteiger partial charge in [-0.15, -0.1) is 0 Å². The van der Waals surface area contributed by atoms with Crippen molar-refractivity contribution in [2.75, 3.05) is 66.6 Å². The smallest absolute Gasteiger partial charge is 0.243 e. The molecule has 2 aliphatic rings. The first-order valence-electron chi connectivity index (χ1n) is 8.95. The third kappa shape index (κ3) is 4.81. The molecule has 1 fully saturated rings. The molecule has 1 saturated heterocycles. The van der Waals surface area contributed by atoms with E-state index in [1.165, 1.54) is 4.31 Å². The highest BCUT2D eigenvalue weighted by molar-refractivity contribution is 7.89. The molecule has 8 nitrogen and oxygen atoms in total. The fourth-order valence-corrected chi connectivity index (χ4v) is 4.69. The second kappa shape index (κ2) is 8.59. The molecule has 0 amide bonds. The van der Waals surface area contributed by atoms with E-state index in [2.05, 4.69) is 10.2 Å². The van der Waals surface area contributed by atoms with Gasteiger partial charge in [0.15, 0.2) is 16.6 Å². The van der Waals surface area contributed by atoms with Crippen LogP contribution in [0, 0.1) is 0 Å². The molecule has 0 radical (unpaired) electrons. The summed E-state index contributed by atoms with van der Waals surface area (Å²) in [4.78, 5) is 4.32. The Hall–Kier alpha value is -1.62. The molecule has 27 heavy (non-hydrogen) atoms. The van der Waals surface area contributed by atoms with Crippen LogP contribution in [0.5, 0.6) is 11.5 Å². The van der Waals surface area contributed by atoms with E-state index in [4.69, 9.17) is 21.7 Å². The summed E-state index contributed by atoms with van der Waals surface area (Å²) >= 11 is 5.42. The number of rotatable bonds is 5. The van der Waals surface area contributed by atoms with Crippen LogP contribution in [0.3, 0.4) is 0 Å². The molecule has 2 aliphatic heterocycles. The van der Waals surface area contributed by atoms with Crippen LogP contribution in [-0.4, -0.2) is 94.2 Å². The van der Waals surface area contributed by atoms with Gasteiger partial charge in [0.05, 0.1) is 4.90 Å². The second-order valence-electron chi connectivity index (χ2n) is 6.73. The van der Waals surface area contributed by atoms with E-state index in [1.54, 1.807) is 18.2 Å². The van der Waals surface area contributed by atoms with Crippen molar-refractivity contribution < 1.29 is 17.9 Å². The number of likely N-dealkylation sites (N-methyl/N-ethyl adjacent to an activating group) is 1. The zero-order valence-corrected chi connectivity index (χ0v) is 17.3. The molecule has 1 N–H and O–H groups in total. The van der Waals surface area contributed by atoms with Gasteiger partial charge in [-0.25, -0.2) is 8.42 Å². The van der Waals surface area contributed by atoms with Crippen LogP contribution in [-0.2, 0) is 10.0 Å². The molecule has 0 aliphatic carbocycles. The Morgan fingerprint density at radius 3 is 2.48 bits per heavy atom. The van der Waals surface area contributed by atoms with Crippen LogP contribution in [0.1, 0.15) is 0 Å². The van der Waals surface area contributed by atoms with E-state index in [9.17, 15) is 8.42 Å². The maximum atomic E-state index is 13.0. The fourth-order valence-electron chi connectivity index (χ4n) is 2.96. The molecule has 3 rings (SSSR count). The van der Waals surface area contributed by atoms with Gasteiger partial charge < -0.3 is 24.6 Å². The molecule has 0 bridgehead atoms. The van der Waals surface area contributed by atoms with Gasteiger partial charge >= 0.3 is 0 Å². The topological polar surface area (TPSA) is 74.4 Å². The highest BCUT2D eigenvalue weighted by atomic mass is 32.2. The zero-order valence-electron chi connectivity index (χ0n) is 15.7. The van der Waals surface area contributed by atoms with Gasteiger partial charge in [-0.3, -0.25) is 0 Å². The first-order valence-corrected chi connectivity index (χ1v) is 10.8. The van der Waals surface area contributed by atoms with E-state index < -0.39 is 10.0 Å². The number of nitrogens with one attached hydrogen (secondary N) is 1. The van der Waals surface area contributed by atoms with E-state index in [0.29, 0.717) is 56.0 Å². The summed E-state index contributed by atoms with van der Waals surface area (Å²) in [5.74, 6) is 1.06. The van der Waals surface area contributed by atoms with E-state index >= 15 is 0 Å². The minimum absolute atomic E-state index is 0.229. The summed E-state index contributed by atoms with van der Waals surface area (Å²) in [6.07, 6.45) is 0. The number of hydrogen-bond donors (Lipinski definition) is 1. The molecule has 0 aromatic heterocycles. The van der Waals surface area contributed by atoms with Crippen molar-refractivity contribution in [2.45, 2.75) is 4.90 Å². The minimum atomic E-state index is -3.57. The first kappa shape index (κ1) is 20.1. The van der Waals surface area contributed by atoms with Crippen LogP contribution < -0.4 is 14.8 Å². The van der Waals surface area contributed by atoms with Gasteiger partial charge in [0.25, 0.3) is 0 Å². The second-order valence-corrected chi connectivity index (χ2v) is 9.06. The summed E-state index contributed by atoms with van der Waals surface area (Å²) in [7, 11) is 0.440. The highest BCUT2D eigenvalue weighted by Crippen LogP contribution is 2.33. The quantitative estimate of drug-likeness (QED) is 0.685. The first-order chi connectivity index (χ1) is 12.9. The van der Waals surface area contributed by atoms with Crippen molar-refractivity contribution >= 4 is 27.4 Å². The van der Waals surface area contributed by atoms with E-state index in [1.807, 2.05) is 19.0 Å². The lowest BCUT2D eigenvalue weighted by Crippen LogP contribution is -2.53. The van der Waals surface area contributed by atoms with E-state index in [0.717, 1.165) is 13.1 Å². The molecule has 1 aromatic carbocycles. The Bertz CT molecular complexity index is 777. The van der Waals surface area contributed by atoms with Crippen LogP contribution in [0.4, 0.5) is 0 Å². The summed E-state index contributed by atoms with van der Waals surface area (Å²) in [6, 6.07) is 4.77.